The van der Waals surface area contributed by atoms with E-state index in [1.807, 2.05) is 0 Å². The molecular weight excluding hydrogens is 262 g/mol. The van der Waals surface area contributed by atoms with Crippen LogP contribution in [0, 0.1) is 0 Å². The number of amides is 1. The summed E-state index contributed by atoms with van der Waals surface area (Å²) in [6.45, 7) is 0.538. The van der Waals surface area contributed by atoms with Crippen molar-refractivity contribution < 1.29 is 23.8 Å². The van der Waals surface area contributed by atoms with Gasteiger partial charge in [-0.05, 0) is 30.7 Å². The maximum Gasteiger partial charge on any atom is 0.371 e. The first kappa shape index (κ1) is 14.1. The highest BCUT2D eigenvalue weighted by molar-refractivity contribution is 5.95. The molecule has 0 aliphatic heterocycles. The molecule has 0 unspecified atom stereocenters. The fourth-order valence-electron chi connectivity index (χ4n) is 1.83. The van der Waals surface area contributed by atoms with Crippen LogP contribution in [0.15, 0.2) is 28.7 Å². The second-order valence-electron chi connectivity index (χ2n) is 4.31. The van der Waals surface area contributed by atoms with Gasteiger partial charge in [0.25, 0.3) is 0 Å². The normalized spacial score (nSPS) is 10.7. The van der Waals surface area contributed by atoms with Crippen molar-refractivity contribution in [3.8, 4) is 0 Å². The number of carbonyl (C=O) groups is 2. The minimum absolute atomic E-state index is 0.108. The highest BCUT2D eigenvalue weighted by atomic mass is 16.5. The van der Waals surface area contributed by atoms with Gasteiger partial charge in [-0.25, -0.2) is 4.79 Å². The lowest BCUT2D eigenvalue weighted by Crippen LogP contribution is -2.11. The Morgan fingerprint density at radius 1 is 1.35 bits per heavy atom. The average Bonchev–Trinajstić information content (AvgIpc) is 2.82. The first-order valence-corrected chi connectivity index (χ1v) is 6.16. The van der Waals surface area contributed by atoms with Gasteiger partial charge in [0.05, 0.1) is 0 Å². The predicted molar refractivity (Wildman–Crippen MR) is 72.9 cm³/mol. The molecule has 2 rings (SSSR count). The molecule has 2 aromatic rings. The molecule has 0 bridgehead atoms. The van der Waals surface area contributed by atoms with E-state index in [0.717, 1.165) is 0 Å². The quantitative estimate of drug-likeness (QED) is 0.792. The summed E-state index contributed by atoms with van der Waals surface area (Å²) in [7, 11) is 1.59. The largest absolute Gasteiger partial charge is 0.475 e. The van der Waals surface area contributed by atoms with E-state index in [2.05, 4.69) is 5.32 Å². The smallest absolute Gasteiger partial charge is 0.371 e. The van der Waals surface area contributed by atoms with Crippen LogP contribution in [0.5, 0.6) is 0 Å². The molecule has 1 aromatic heterocycles. The Bertz CT molecular complexity index is 632. The van der Waals surface area contributed by atoms with Gasteiger partial charge in [0.15, 0.2) is 0 Å². The van der Waals surface area contributed by atoms with Crippen molar-refractivity contribution in [2.24, 2.45) is 0 Å². The highest BCUT2D eigenvalue weighted by Crippen LogP contribution is 2.23. The van der Waals surface area contributed by atoms with Crippen LogP contribution in [0.1, 0.15) is 23.4 Å². The van der Waals surface area contributed by atoms with E-state index in [-0.39, 0.29) is 11.7 Å². The molecule has 0 atom stereocenters. The third-order valence-corrected chi connectivity index (χ3v) is 2.76. The number of benzene rings is 1. The molecule has 20 heavy (non-hydrogen) atoms. The molecule has 1 amide bonds. The van der Waals surface area contributed by atoms with Gasteiger partial charge in [0, 0.05) is 31.2 Å². The third kappa shape index (κ3) is 3.36. The number of carboxylic acids is 1. The average molecular weight is 277 g/mol. The lowest BCUT2D eigenvalue weighted by atomic mass is 10.2. The Hall–Kier alpha value is -2.34. The van der Waals surface area contributed by atoms with E-state index in [0.29, 0.717) is 36.1 Å². The summed E-state index contributed by atoms with van der Waals surface area (Å²) in [5.41, 5.74) is 1.08. The van der Waals surface area contributed by atoms with Crippen LogP contribution in [-0.2, 0) is 9.53 Å². The van der Waals surface area contributed by atoms with Gasteiger partial charge in [-0.3, -0.25) is 4.79 Å². The molecule has 6 heteroatoms. The fraction of sp³-hybridized carbons (Fsp3) is 0.286. The number of anilines is 1. The molecule has 6 nitrogen and oxygen atoms in total. The van der Waals surface area contributed by atoms with Crippen molar-refractivity contribution >= 4 is 28.5 Å². The molecule has 0 fully saturated rings. The molecule has 0 aliphatic carbocycles. The lowest BCUT2D eigenvalue weighted by molar-refractivity contribution is -0.116. The second-order valence-corrected chi connectivity index (χ2v) is 4.31. The predicted octanol–water partition coefficient (Wildman–Crippen LogP) is 2.50. The number of ether oxygens (including phenoxy) is 1. The maximum absolute atomic E-state index is 11.7. The maximum atomic E-state index is 11.7. The van der Waals surface area contributed by atoms with Crippen molar-refractivity contribution in [3.63, 3.8) is 0 Å². The molecule has 1 heterocycles. The number of aromatic carboxylic acids is 1. The van der Waals surface area contributed by atoms with E-state index in [1.54, 1.807) is 25.3 Å². The van der Waals surface area contributed by atoms with Crippen molar-refractivity contribution in [2.45, 2.75) is 12.8 Å². The van der Waals surface area contributed by atoms with Gasteiger partial charge < -0.3 is 19.6 Å². The molecule has 2 N–H and O–H groups in total. The number of methoxy groups -OCH3 is 1. The summed E-state index contributed by atoms with van der Waals surface area (Å²) in [5.74, 6) is -1.35. The van der Waals surface area contributed by atoms with Crippen LogP contribution >= 0.6 is 0 Å². The van der Waals surface area contributed by atoms with Gasteiger partial charge >= 0.3 is 5.97 Å². The van der Waals surface area contributed by atoms with E-state index in [9.17, 15) is 9.59 Å². The number of rotatable bonds is 6. The van der Waals surface area contributed by atoms with E-state index in [1.165, 1.54) is 6.07 Å². The Labute approximate surface area is 115 Å². The number of fused-ring (bicyclic) bond motifs is 1. The van der Waals surface area contributed by atoms with Gasteiger partial charge in [-0.1, -0.05) is 0 Å². The SMILES string of the molecule is COCCCC(=O)Nc1ccc2oc(C(=O)O)cc2c1. The van der Waals surface area contributed by atoms with Gasteiger partial charge in [-0.15, -0.1) is 0 Å². The monoisotopic (exact) mass is 277 g/mol. The zero-order chi connectivity index (χ0) is 14.5. The Balaban J connectivity index is 2.07. The standard InChI is InChI=1S/C14H15NO5/c1-19-6-2-3-13(16)15-10-4-5-11-9(7-10)8-12(20-11)14(17)18/h4-5,7-8H,2-3,6H2,1H3,(H,15,16)(H,17,18). The lowest BCUT2D eigenvalue weighted by Gasteiger charge is -2.04. The summed E-state index contributed by atoms with van der Waals surface area (Å²) < 4.78 is 10.0. The summed E-state index contributed by atoms with van der Waals surface area (Å²) in [6.07, 6.45) is 1.02. The van der Waals surface area contributed by atoms with Gasteiger partial charge in [-0.2, -0.15) is 0 Å². The number of carbonyl (C=O) groups excluding carboxylic acids is 1. The molecule has 0 spiro atoms. The number of hydrogen-bond donors (Lipinski definition) is 2. The van der Waals surface area contributed by atoms with Crippen LogP contribution < -0.4 is 5.32 Å². The van der Waals surface area contributed by atoms with Gasteiger partial charge in [0.2, 0.25) is 11.7 Å². The second kappa shape index (κ2) is 6.21. The van der Waals surface area contributed by atoms with Crippen molar-refractivity contribution in [2.75, 3.05) is 19.0 Å². The number of furan rings is 1. The molecule has 0 aliphatic rings. The zero-order valence-corrected chi connectivity index (χ0v) is 11.0. The molecular formula is C14H15NO5. The Morgan fingerprint density at radius 3 is 2.85 bits per heavy atom. The summed E-state index contributed by atoms with van der Waals surface area (Å²) in [5, 5.41) is 12.2. The number of carboxylic acid groups (broad SMARTS) is 1. The fourth-order valence-corrected chi connectivity index (χ4v) is 1.83. The van der Waals surface area contributed by atoms with E-state index < -0.39 is 5.97 Å². The number of hydrogen-bond acceptors (Lipinski definition) is 4. The van der Waals surface area contributed by atoms with Crippen molar-refractivity contribution in [1.82, 2.24) is 0 Å². The first-order chi connectivity index (χ1) is 9.60. The third-order valence-electron chi connectivity index (χ3n) is 2.76. The first-order valence-electron chi connectivity index (χ1n) is 6.16. The topological polar surface area (TPSA) is 88.8 Å². The van der Waals surface area contributed by atoms with Crippen LogP contribution in [0.4, 0.5) is 5.69 Å². The summed E-state index contributed by atoms with van der Waals surface area (Å²) in [6, 6.07) is 6.41. The van der Waals surface area contributed by atoms with Gasteiger partial charge in [0.1, 0.15) is 5.58 Å². The summed E-state index contributed by atoms with van der Waals surface area (Å²) >= 11 is 0. The van der Waals surface area contributed by atoms with E-state index >= 15 is 0 Å². The minimum Gasteiger partial charge on any atom is -0.475 e. The van der Waals surface area contributed by atoms with E-state index in [4.69, 9.17) is 14.3 Å². The molecule has 0 radical (unpaired) electrons. The van der Waals surface area contributed by atoms with Crippen molar-refractivity contribution in [1.29, 1.82) is 0 Å². The number of nitrogens with one attached hydrogen (secondary N) is 1. The Kier molecular flexibility index (Phi) is 4.37. The van der Waals surface area contributed by atoms with Crippen LogP contribution in [0.3, 0.4) is 0 Å². The minimum atomic E-state index is -1.12. The molecule has 106 valence electrons. The molecule has 0 saturated carbocycles. The molecule has 1 aromatic carbocycles. The van der Waals surface area contributed by atoms with Crippen LogP contribution in [0.25, 0.3) is 11.0 Å². The van der Waals surface area contributed by atoms with Crippen LogP contribution in [-0.4, -0.2) is 30.7 Å². The Morgan fingerprint density at radius 2 is 2.15 bits per heavy atom. The highest BCUT2D eigenvalue weighted by Gasteiger charge is 2.11. The molecule has 0 saturated heterocycles. The van der Waals surface area contributed by atoms with Crippen LogP contribution in [0.2, 0.25) is 0 Å². The zero-order valence-electron chi connectivity index (χ0n) is 11.0. The van der Waals surface area contributed by atoms with Crippen molar-refractivity contribution in [3.05, 3.63) is 30.0 Å². The summed E-state index contributed by atoms with van der Waals surface area (Å²) in [4.78, 5) is 22.5.